The lowest BCUT2D eigenvalue weighted by Gasteiger charge is -2.23. The third-order valence-electron chi connectivity index (χ3n) is 4.84. The third-order valence-corrected chi connectivity index (χ3v) is 4.84. The predicted octanol–water partition coefficient (Wildman–Crippen LogP) is 3.38. The summed E-state index contributed by atoms with van der Waals surface area (Å²) in [5.41, 5.74) is 0.417. The number of rotatable bonds is 2. The predicted molar refractivity (Wildman–Crippen MR) is 110 cm³/mol. The van der Waals surface area contributed by atoms with Crippen LogP contribution >= 0.6 is 0 Å². The summed E-state index contributed by atoms with van der Waals surface area (Å²) in [5, 5.41) is 0.468. The molecule has 0 saturated heterocycles. The van der Waals surface area contributed by atoms with Crippen LogP contribution in [0.4, 0.5) is 0 Å². The molecule has 3 heterocycles. The number of aromatic nitrogens is 2. The van der Waals surface area contributed by atoms with Crippen molar-refractivity contribution in [2.75, 3.05) is 0 Å². The van der Waals surface area contributed by atoms with Gasteiger partial charge in [0.2, 0.25) is 0 Å². The highest BCUT2D eigenvalue weighted by atomic mass is 16.3. The Balaban J connectivity index is 1.90. The molecule has 2 aromatic carbocycles. The molecule has 0 aliphatic carbocycles. The van der Waals surface area contributed by atoms with E-state index in [0.717, 1.165) is 9.36 Å². The summed E-state index contributed by atoms with van der Waals surface area (Å²) in [4.78, 5) is 39.6. The van der Waals surface area contributed by atoms with E-state index in [1.54, 1.807) is 48.6 Å². The molecular formula is C23H14N2O4. The monoisotopic (exact) mass is 382 g/mol. The minimum Gasteiger partial charge on any atom is -0.465 e. The van der Waals surface area contributed by atoms with Crippen LogP contribution in [-0.4, -0.2) is 15.3 Å². The molecule has 2 aromatic heterocycles. The normalized spacial score (nSPS) is 14.8. The molecule has 0 bridgehead atoms. The van der Waals surface area contributed by atoms with Gasteiger partial charge in [0.05, 0.1) is 22.7 Å². The zero-order chi connectivity index (χ0) is 20.0. The first kappa shape index (κ1) is 16.9. The van der Waals surface area contributed by atoms with Crippen molar-refractivity contribution in [2.45, 2.75) is 0 Å². The second kappa shape index (κ2) is 6.45. The van der Waals surface area contributed by atoms with Gasteiger partial charge in [0.25, 0.3) is 17.0 Å². The summed E-state index contributed by atoms with van der Waals surface area (Å²) in [6, 6.07) is 19.1. The smallest absolute Gasteiger partial charge is 0.281 e. The van der Waals surface area contributed by atoms with Gasteiger partial charge >= 0.3 is 0 Å². The lowest BCUT2D eigenvalue weighted by molar-refractivity contribution is 0.0926. The molecule has 4 aromatic rings. The molecule has 0 amide bonds. The number of hydrogen-bond donors (Lipinski definition) is 0. The fourth-order valence-corrected chi connectivity index (χ4v) is 3.50. The zero-order valence-electron chi connectivity index (χ0n) is 15.1. The van der Waals surface area contributed by atoms with Crippen molar-refractivity contribution in [1.82, 2.24) is 9.36 Å². The Morgan fingerprint density at radius 1 is 0.724 bits per heavy atom. The number of allylic oxidation sites excluding steroid dienone is 2. The molecule has 1 aliphatic rings. The Bertz CT molecular complexity index is 1440. The number of hydrogen-bond acceptors (Lipinski definition) is 4. The van der Waals surface area contributed by atoms with E-state index < -0.39 is 17.0 Å². The van der Waals surface area contributed by atoms with Gasteiger partial charge in [0, 0.05) is 11.1 Å². The van der Waals surface area contributed by atoms with Crippen molar-refractivity contribution in [3.63, 3.8) is 0 Å². The van der Waals surface area contributed by atoms with Crippen molar-refractivity contribution in [3.05, 3.63) is 117 Å². The topological polar surface area (TPSA) is 74.2 Å². The van der Waals surface area contributed by atoms with E-state index in [2.05, 4.69) is 0 Å². The first-order chi connectivity index (χ1) is 14.1. The SMILES string of the molecule is O=C1/C(=C/c2ccco2)C=C(c2ccccc2)n2c(=O)c3ccccc3c(=O)n21. The van der Waals surface area contributed by atoms with Crippen molar-refractivity contribution in [1.29, 1.82) is 0 Å². The Labute approximate surface area is 164 Å². The molecule has 0 saturated carbocycles. The minimum atomic E-state index is -0.589. The van der Waals surface area contributed by atoms with Crippen LogP contribution in [0.5, 0.6) is 0 Å². The molecule has 5 rings (SSSR count). The van der Waals surface area contributed by atoms with Crippen molar-refractivity contribution < 1.29 is 9.21 Å². The molecule has 140 valence electrons. The quantitative estimate of drug-likeness (QED) is 0.498. The standard InChI is InChI=1S/C23H14N2O4/c26-21-16(13-17-9-6-12-29-17)14-20(15-7-2-1-3-8-15)24-22(27)18-10-4-5-11-19(18)23(28)25(21)24/h1-14H/b16-13+. The second-order valence-electron chi connectivity index (χ2n) is 6.60. The van der Waals surface area contributed by atoms with Gasteiger partial charge in [-0.05, 0) is 36.4 Å². The molecule has 0 unspecified atom stereocenters. The highest BCUT2D eigenvalue weighted by Crippen LogP contribution is 2.24. The number of fused-ring (bicyclic) bond motifs is 2. The fraction of sp³-hybridized carbons (Fsp3) is 0. The largest absolute Gasteiger partial charge is 0.465 e. The molecular weight excluding hydrogens is 368 g/mol. The van der Waals surface area contributed by atoms with Gasteiger partial charge in [-0.3, -0.25) is 14.4 Å². The molecule has 1 aliphatic heterocycles. The van der Waals surface area contributed by atoms with E-state index in [-0.39, 0.29) is 16.3 Å². The summed E-state index contributed by atoms with van der Waals surface area (Å²) in [6.07, 6.45) is 4.66. The van der Waals surface area contributed by atoms with Crippen molar-refractivity contribution >= 4 is 28.5 Å². The maximum atomic E-state index is 13.3. The molecule has 6 nitrogen and oxygen atoms in total. The Kier molecular flexibility index (Phi) is 3.77. The summed E-state index contributed by atoms with van der Waals surface area (Å²) < 4.78 is 7.38. The number of nitrogens with zero attached hydrogens (tertiary/aromatic N) is 2. The van der Waals surface area contributed by atoms with Crippen LogP contribution in [0.2, 0.25) is 0 Å². The molecule has 0 fully saturated rings. The van der Waals surface area contributed by atoms with Gasteiger partial charge in [-0.1, -0.05) is 42.5 Å². The van der Waals surface area contributed by atoms with E-state index in [9.17, 15) is 14.4 Å². The highest BCUT2D eigenvalue weighted by Gasteiger charge is 2.27. The molecule has 6 heteroatoms. The van der Waals surface area contributed by atoms with Crippen LogP contribution in [0.25, 0.3) is 22.5 Å². The summed E-state index contributed by atoms with van der Waals surface area (Å²) in [7, 11) is 0. The van der Waals surface area contributed by atoms with Gasteiger partial charge in [-0.15, -0.1) is 0 Å². The van der Waals surface area contributed by atoms with Gasteiger partial charge in [-0.25, -0.2) is 4.68 Å². The van der Waals surface area contributed by atoms with Crippen LogP contribution < -0.4 is 11.1 Å². The lowest BCUT2D eigenvalue weighted by Crippen LogP contribution is -2.44. The van der Waals surface area contributed by atoms with E-state index in [4.69, 9.17) is 4.42 Å². The van der Waals surface area contributed by atoms with E-state index in [1.807, 2.05) is 30.3 Å². The molecule has 0 atom stereocenters. The fourth-order valence-electron chi connectivity index (χ4n) is 3.50. The maximum Gasteiger partial charge on any atom is 0.281 e. The van der Waals surface area contributed by atoms with Gasteiger partial charge < -0.3 is 4.42 Å². The van der Waals surface area contributed by atoms with Crippen LogP contribution in [0.15, 0.2) is 98.6 Å². The maximum absolute atomic E-state index is 13.3. The number of carbonyl (C=O) groups is 1. The van der Waals surface area contributed by atoms with Gasteiger partial charge in [0.15, 0.2) is 0 Å². The first-order valence-electron chi connectivity index (χ1n) is 8.99. The molecule has 0 N–H and O–H groups in total. The van der Waals surface area contributed by atoms with E-state index >= 15 is 0 Å². The van der Waals surface area contributed by atoms with Crippen LogP contribution in [0, 0.1) is 0 Å². The zero-order valence-corrected chi connectivity index (χ0v) is 15.1. The third kappa shape index (κ3) is 2.62. The highest BCUT2D eigenvalue weighted by molar-refractivity contribution is 6.06. The first-order valence-corrected chi connectivity index (χ1v) is 8.99. The van der Waals surface area contributed by atoms with Crippen LogP contribution in [0.1, 0.15) is 16.1 Å². The molecule has 0 radical (unpaired) electrons. The number of furan rings is 1. The van der Waals surface area contributed by atoms with E-state index in [0.29, 0.717) is 17.0 Å². The second-order valence-corrected chi connectivity index (χ2v) is 6.60. The van der Waals surface area contributed by atoms with Gasteiger partial charge in [-0.2, -0.15) is 4.68 Å². The van der Waals surface area contributed by atoms with Gasteiger partial charge in [0.1, 0.15) is 5.76 Å². The van der Waals surface area contributed by atoms with Crippen LogP contribution in [0.3, 0.4) is 0 Å². The van der Waals surface area contributed by atoms with Crippen molar-refractivity contribution in [3.8, 4) is 0 Å². The minimum absolute atomic E-state index is 0.203. The molecule has 0 spiro atoms. The number of carbonyl (C=O) groups excluding carboxylic acids is 1. The van der Waals surface area contributed by atoms with Crippen molar-refractivity contribution in [2.24, 2.45) is 0 Å². The number of benzene rings is 2. The summed E-state index contributed by atoms with van der Waals surface area (Å²) in [6.45, 7) is 0. The Morgan fingerprint density at radius 2 is 1.38 bits per heavy atom. The lowest BCUT2D eigenvalue weighted by atomic mass is 10.0. The summed E-state index contributed by atoms with van der Waals surface area (Å²) >= 11 is 0. The average Bonchev–Trinajstić information content (AvgIpc) is 3.27. The Morgan fingerprint density at radius 3 is 2.03 bits per heavy atom. The molecule has 29 heavy (non-hydrogen) atoms. The Hall–Kier alpha value is -4.19. The van der Waals surface area contributed by atoms with Crippen LogP contribution in [-0.2, 0) is 0 Å². The average molecular weight is 382 g/mol. The summed E-state index contributed by atoms with van der Waals surface area (Å²) in [5.74, 6) is -0.115. The van der Waals surface area contributed by atoms with E-state index in [1.165, 1.54) is 6.26 Å².